The Morgan fingerprint density at radius 3 is 2.32 bits per heavy atom. The van der Waals surface area contributed by atoms with Gasteiger partial charge in [-0.1, -0.05) is 55.8 Å². The molecule has 4 rings (SSSR count). The van der Waals surface area contributed by atoms with Crippen LogP contribution >= 0.6 is 23.3 Å². The standard InChI is InChI=1S/C21H31N3O4S2.C7H8/c1-14(2)11-16(19(26)21(3)13-28-21)23-17(25)12-22-20(27)15-6-8-24(9-7-15)30-18-5-4-10-29-18;1-7-5-3-2-4-6-7/h4-5,10,14-16H,6-9,11-13H2,1-3H3,(H,22,27)(H,23,25);2-6H,1H3. The smallest absolute Gasteiger partial charge is 0.239 e. The third kappa shape index (κ3) is 9.89. The Morgan fingerprint density at radius 1 is 1.14 bits per heavy atom. The molecule has 2 saturated heterocycles. The van der Waals surface area contributed by atoms with E-state index in [-0.39, 0.29) is 36.0 Å². The minimum Gasteiger partial charge on any atom is -0.361 e. The average Bonchev–Trinajstić information content (AvgIpc) is 3.42. The van der Waals surface area contributed by atoms with E-state index in [0.29, 0.717) is 13.0 Å². The predicted octanol–water partition coefficient (Wildman–Crippen LogP) is 4.47. The molecule has 9 heteroatoms. The van der Waals surface area contributed by atoms with Crippen molar-refractivity contribution in [3.8, 4) is 0 Å². The van der Waals surface area contributed by atoms with Gasteiger partial charge in [0.25, 0.3) is 0 Å². The molecule has 2 fully saturated rings. The van der Waals surface area contributed by atoms with Crippen molar-refractivity contribution in [2.45, 2.75) is 62.8 Å². The Balaban J connectivity index is 0.000000468. The summed E-state index contributed by atoms with van der Waals surface area (Å²) in [4.78, 5) is 37.5. The fraction of sp³-hybridized carbons (Fsp3) is 0.536. The number of carbonyl (C=O) groups is 3. The molecule has 202 valence electrons. The van der Waals surface area contributed by atoms with Crippen LogP contribution in [0.3, 0.4) is 0 Å². The summed E-state index contributed by atoms with van der Waals surface area (Å²) in [5.41, 5.74) is 0.549. The number of thiophene rings is 1. The van der Waals surface area contributed by atoms with Crippen molar-refractivity contribution in [1.29, 1.82) is 0 Å². The number of epoxide rings is 1. The lowest BCUT2D eigenvalue weighted by Crippen LogP contribution is -2.50. The highest BCUT2D eigenvalue weighted by molar-refractivity contribution is 7.98. The number of nitrogens with zero attached hydrogens (tertiary/aromatic N) is 1. The van der Waals surface area contributed by atoms with E-state index in [9.17, 15) is 14.4 Å². The van der Waals surface area contributed by atoms with Crippen LogP contribution in [-0.2, 0) is 19.1 Å². The fourth-order valence-corrected chi connectivity index (χ4v) is 5.96. The van der Waals surface area contributed by atoms with Crippen LogP contribution in [-0.4, -0.2) is 59.8 Å². The van der Waals surface area contributed by atoms with E-state index in [1.165, 1.54) is 9.77 Å². The molecule has 7 nitrogen and oxygen atoms in total. The van der Waals surface area contributed by atoms with Gasteiger partial charge in [-0.15, -0.1) is 11.3 Å². The zero-order valence-electron chi connectivity index (χ0n) is 22.2. The van der Waals surface area contributed by atoms with Gasteiger partial charge in [0.15, 0.2) is 5.78 Å². The van der Waals surface area contributed by atoms with Crippen LogP contribution in [0.4, 0.5) is 0 Å². The molecule has 0 saturated carbocycles. The molecule has 2 aliphatic heterocycles. The lowest BCUT2D eigenvalue weighted by molar-refractivity contribution is -0.132. The monoisotopic (exact) mass is 545 g/mol. The summed E-state index contributed by atoms with van der Waals surface area (Å²) >= 11 is 3.45. The van der Waals surface area contributed by atoms with Crippen LogP contribution in [0.5, 0.6) is 0 Å². The highest BCUT2D eigenvalue weighted by Crippen LogP contribution is 2.31. The molecule has 2 N–H and O–H groups in total. The molecular weight excluding hydrogens is 506 g/mol. The van der Waals surface area contributed by atoms with Gasteiger partial charge in [0.2, 0.25) is 11.8 Å². The van der Waals surface area contributed by atoms with Crippen molar-refractivity contribution in [2.24, 2.45) is 11.8 Å². The summed E-state index contributed by atoms with van der Waals surface area (Å²) in [6.45, 7) is 9.83. The SMILES string of the molecule is CC(C)CC(NC(=O)CNC(=O)C1CCN(Sc2cccs2)CC1)C(=O)C1(C)CO1.Cc1ccccc1. The largest absolute Gasteiger partial charge is 0.361 e. The zero-order chi connectivity index (χ0) is 26.8. The number of benzene rings is 1. The number of ketones is 1. The number of hydrogen-bond donors (Lipinski definition) is 2. The third-order valence-electron chi connectivity index (χ3n) is 6.36. The fourth-order valence-electron chi connectivity index (χ4n) is 4.07. The second kappa shape index (κ2) is 14.1. The molecule has 2 aromatic rings. The molecule has 3 heterocycles. The van der Waals surface area contributed by atoms with Crippen LogP contribution in [0.25, 0.3) is 0 Å². The number of piperidine rings is 1. The molecule has 1 aromatic heterocycles. The number of Topliss-reactive ketones (excluding diaryl/α,β-unsaturated/α-hetero) is 1. The van der Waals surface area contributed by atoms with Crippen molar-refractivity contribution >= 4 is 40.9 Å². The van der Waals surface area contributed by atoms with Gasteiger partial charge in [0.05, 0.1) is 23.4 Å². The third-order valence-corrected chi connectivity index (χ3v) is 8.47. The minimum absolute atomic E-state index is 0.0788. The Hall–Kier alpha value is -2.20. The van der Waals surface area contributed by atoms with Gasteiger partial charge in [-0.2, -0.15) is 0 Å². The summed E-state index contributed by atoms with van der Waals surface area (Å²) in [6.07, 6.45) is 2.10. The van der Waals surface area contributed by atoms with Crippen molar-refractivity contribution in [3.05, 3.63) is 53.4 Å². The van der Waals surface area contributed by atoms with Crippen LogP contribution < -0.4 is 10.6 Å². The number of carbonyl (C=O) groups excluding carboxylic acids is 3. The molecule has 2 amide bonds. The quantitative estimate of drug-likeness (QED) is 0.338. The van der Waals surface area contributed by atoms with E-state index in [2.05, 4.69) is 45.4 Å². The van der Waals surface area contributed by atoms with Gasteiger partial charge >= 0.3 is 0 Å². The number of ether oxygens (including phenoxy) is 1. The van der Waals surface area contributed by atoms with E-state index in [4.69, 9.17) is 4.74 Å². The first-order valence-corrected chi connectivity index (χ1v) is 14.5. The predicted molar refractivity (Wildman–Crippen MR) is 149 cm³/mol. The Bertz CT molecular complexity index is 1000. The Kier molecular flexibility index (Phi) is 11.2. The first-order valence-electron chi connectivity index (χ1n) is 12.9. The summed E-state index contributed by atoms with van der Waals surface area (Å²) in [5.74, 6) is -0.336. The van der Waals surface area contributed by atoms with Crippen molar-refractivity contribution in [3.63, 3.8) is 0 Å². The van der Waals surface area contributed by atoms with Crippen LogP contribution in [0, 0.1) is 18.8 Å². The number of nitrogens with one attached hydrogen (secondary N) is 2. The zero-order valence-corrected chi connectivity index (χ0v) is 23.8. The van der Waals surface area contributed by atoms with E-state index >= 15 is 0 Å². The molecule has 2 unspecified atom stereocenters. The molecule has 0 aliphatic carbocycles. The molecule has 0 spiro atoms. The minimum atomic E-state index is -0.773. The highest BCUT2D eigenvalue weighted by atomic mass is 32.2. The Morgan fingerprint density at radius 2 is 1.81 bits per heavy atom. The molecule has 0 radical (unpaired) electrons. The van der Waals surface area contributed by atoms with E-state index < -0.39 is 11.6 Å². The van der Waals surface area contributed by atoms with Crippen molar-refractivity contribution in [2.75, 3.05) is 26.2 Å². The van der Waals surface area contributed by atoms with Gasteiger partial charge in [-0.25, -0.2) is 4.31 Å². The lowest BCUT2D eigenvalue weighted by Gasteiger charge is -2.29. The van der Waals surface area contributed by atoms with Gasteiger partial charge in [0.1, 0.15) is 5.60 Å². The lowest BCUT2D eigenvalue weighted by atomic mass is 9.93. The molecule has 1 aromatic carbocycles. The summed E-state index contributed by atoms with van der Waals surface area (Å²) < 4.78 is 8.78. The van der Waals surface area contributed by atoms with Crippen molar-refractivity contribution in [1.82, 2.24) is 14.9 Å². The molecular formula is C28H39N3O4S2. The van der Waals surface area contributed by atoms with E-state index in [1.54, 1.807) is 30.2 Å². The molecule has 0 bridgehead atoms. The maximum Gasteiger partial charge on any atom is 0.239 e. The molecule has 2 atom stereocenters. The average molecular weight is 546 g/mol. The summed E-state index contributed by atoms with van der Waals surface area (Å²) in [5, 5.41) is 7.60. The van der Waals surface area contributed by atoms with Gasteiger partial charge < -0.3 is 15.4 Å². The van der Waals surface area contributed by atoms with Crippen LogP contribution in [0.1, 0.15) is 45.6 Å². The normalized spacial score (nSPS) is 20.5. The molecule has 37 heavy (non-hydrogen) atoms. The first kappa shape index (κ1) is 29.4. The van der Waals surface area contributed by atoms with Gasteiger partial charge in [0, 0.05) is 19.0 Å². The maximum atomic E-state index is 12.6. The number of rotatable bonds is 10. The summed E-state index contributed by atoms with van der Waals surface area (Å²) in [6, 6.07) is 13.8. The highest BCUT2D eigenvalue weighted by Gasteiger charge is 2.50. The number of aryl methyl sites for hydroxylation is 1. The van der Waals surface area contributed by atoms with Crippen LogP contribution in [0.2, 0.25) is 0 Å². The first-order chi connectivity index (χ1) is 17.7. The topological polar surface area (TPSA) is 91.0 Å². The van der Waals surface area contributed by atoms with E-state index in [0.717, 1.165) is 25.9 Å². The number of amides is 2. The number of hydrogen-bond acceptors (Lipinski definition) is 7. The second-order valence-corrected chi connectivity index (χ2v) is 12.6. The van der Waals surface area contributed by atoms with Gasteiger partial charge in [-0.3, -0.25) is 14.4 Å². The van der Waals surface area contributed by atoms with E-state index in [1.807, 2.05) is 38.1 Å². The summed E-state index contributed by atoms with van der Waals surface area (Å²) in [7, 11) is 0. The molecule has 2 aliphatic rings. The maximum absolute atomic E-state index is 12.6. The van der Waals surface area contributed by atoms with Gasteiger partial charge in [-0.05, 0) is 62.4 Å². The van der Waals surface area contributed by atoms with Crippen molar-refractivity contribution < 1.29 is 19.1 Å². The second-order valence-electron chi connectivity index (χ2n) is 10.2. The van der Waals surface area contributed by atoms with Crippen LogP contribution in [0.15, 0.2) is 52.1 Å². The Labute approximate surface area is 228 Å².